The lowest BCUT2D eigenvalue weighted by atomic mass is 9.80. The molecule has 2 heteroatoms. The van der Waals surface area contributed by atoms with Crippen molar-refractivity contribution in [2.75, 3.05) is 0 Å². The molecule has 0 amide bonds. The zero-order valence-corrected chi connectivity index (χ0v) is 14.0. The van der Waals surface area contributed by atoms with Gasteiger partial charge in [0, 0.05) is 22.0 Å². The summed E-state index contributed by atoms with van der Waals surface area (Å²) in [5, 5.41) is 0. The highest BCUT2D eigenvalue weighted by Gasteiger charge is 2.28. The van der Waals surface area contributed by atoms with Gasteiger partial charge in [0.05, 0.1) is 0 Å². The van der Waals surface area contributed by atoms with Crippen LogP contribution in [-0.2, 0) is 0 Å². The smallest absolute Gasteiger partial charge is 0.168 e. The summed E-state index contributed by atoms with van der Waals surface area (Å²) < 4.78 is 0. The third-order valence-corrected chi connectivity index (χ3v) is 3.42. The first-order chi connectivity index (χ1) is 8.85. The summed E-state index contributed by atoms with van der Waals surface area (Å²) in [5.74, 6) is 0.237. The van der Waals surface area contributed by atoms with Gasteiger partial charge in [0.25, 0.3) is 0 Å². The highest BCUT2D eigenvalue weighted by Crippen LogP contribution is 2.28. The first kappa shape index (κ1) is 16.6. The molecule has 0 spiro atoms. The van der Waals surface area contributed by atoms with Crippen LogP contribution in [0.4, 0.5) is 0 Å². The average molecular weight is 274 g/mol. The molecule has 0 bridgehead atoms. The van der Waals surface area contributed by atoms with Gasteiger partial charge in [-0.05, 0) is 37.1 Å². The zero-order chi connectivity index (χ0) is 15.9. The van der Waals surface area contributed by atoms with Gasteiger partial charge in [-0.2, -0.15) is 0 Å². The summed E-state index contributed by atoms with van der Waals surface area (Å²) >= 11 is 0. The quantitative estimate of drug-likeness (QED) is 0.728. The summed E-state index contributed by atoms with van der Waals surface area (Å²) in [5.41, 5.74) is 2.38. The Labute approximate surface area is 122 Å². The molecular weight excluding hydrogens is 248 g/mol. The lowest BCUT2D eigenvalue weighted by molar-refractivity contribution is 0.0847. The lowest BCUT2D eigenvalue weighted by Crippen LogP contribution is -2.24. The summed E-state index contributed by atoms with van der Waals surface area (Å²) in [4.78, 5) is 24.9. The Morgan fingerprint density at radius 1 is 0.700 bits per heavy atom. The van der Waals surface area contributed by atoms with E-state index in [1.165, 1.54) is 0 Å². The topological polar surface area (TPSA) is 34.1 Å². The summed E-state index contributed by atoms with van der Waals surface area (Å²) in [6, 6.07) is 3.73. The van der Waals surface area contributed by atoms with E-state index in [0.29, 0.717) is 0 Å². The van der Waals surface area contributed by atoms with Crippen molar-refractivity contribution in [3.05, 3.63) is 34.4 Å². The molecular formula is C18H26O2. The van der Waals surface area contributed by atoms with E-state index >= 15 is 0 Å². The Kier molecular flexibility index (Phi) is 4.28. The van der Waals surface area contributed by atoms with Crippen LogP contribution in [0.2, 0.25) is 0 Å². The van der Waals surface area contributed by atoms with Crippen molar-refractivity contribution >= 4 is 11.6 Å². The van der Waals surface area contributed by atoms with Gasteiger partial charge in [0.2, 0.25) is 0 Å². The second-order valence-corrected chi connectivity index (χ2v) is 7.64. The van der Waals surface area contributed by atoms with Crippen LogP contribution in [0.25, 0.3) is 0 Å². The van der Waals surface area contributed by atoms with Gasteiger partial charge in [0.1, 0.15) is 0 Å². The molecule has 0 radical (unpaired) electrons. The van der Waals surface area contributed by atoms with Crippen molar-refractivity contribution in [1.82, 2.24) is 0 Å². The lowest BCUT2D eigenvalue weighted by Gasteiger charge is -2.22. The number of carbonyl (C=O) groups excluding carboxylic acids is 2. The molecule has 20 heavy (non-hydrogen) atoms. The molecule has 0 aromatic heterocycles. The Hall–Kier alpha value is -1.44. The van der Waals surface area contributed by atoms with Crippen LogP contribution in [0.5, 0.6) is 0 Å². The van der Waals surface area contributed by atoms with Gasteiger partial charge < -0.3 is 0 Å². The van der Waals surface area contributed by atoms with Gasteiger partial charge in [-0.1, -0.05) is 41.5 Å². The minimum atomic E-state index is -0.410. The normalized spacial score (nSPS) is 12.4. The number of Topliss-reactive ketones (excluding diaryl/α,β-unsaturated/α-hetero) is 2. The third-order valence-electron chi connectivity index (χ3n) is 3.42. The molecule has 0 aliphatic heterocycles. The highest BCUT2D eigenvalue weighted by atomic mass is 16.1. The van der Waals surface area contributed by atoms with Crippen LogP contribution in [0.15, 0.2) is 12.1 Å². The maximum absolute atomic E-state index is 12.4. The molecule has 110 valence electrons. The maximum Gasteiger partial charge on any atom is 0.168 e. The molecule has 0 N–H and O–H groups in total. The number of carbonyl (C=O) groups is 2. The van der Waals surface area contributed by atoms with E-state index in [4.69, 9.17) is 0 Å². The summed E-state index contributed by atoms with van der Waals surface area (Å²) in [6.07, 6.45) is 0. The maximum atomic E-state index is 12.4. The van der Waals surface area contributed by atoms with Crippen LogP contribution >= 0.6 is 0 Å². The largest absolute Gasteiger partial charge is 0.294 e. The number of benzene rings is 1. The molecule has 0 aliphatic carbocycles. The number of ketones is 2. The zero-order valence-electron chi connectivity index (χ0n) is 14.0. The van der Waals surface area contributed by atoms with Crippen molar-refractivity contribution < 1.29 is 9.59 Å². The standard InChI is InChI=1S/C18H26O2/c1-11-9-14(16(20)18(6,7)8)12(2)10-13(11)15(19)17(3,4)5/h9-10H,1-8H3. The van der Waals surface area contributed by atoms with Gasteiger partial charge in [-0.15, -0.1) is 0 Å². The van der Waals surface area contributed by atoms with E-state index in [1.807, 2.05) is 67.5 Å². The molecule has 0 aliphatic rings. The minimum Gasteiger partial charge on any atom is -0.294 e. The molecule has 0 heterocycles. The Morgan fingerprint density at radius 2 is 0.950 bits per heavy atom. The van der Waals surface area contributed by atoms with E-state index in [2.05, 4.69) is 0 Å². The van der Waals surface area contributed by atoms with Crippen LogP contribution in [0.3, 0.4) is 0 Å². The number of hydrogen-bond acceptors (Lipinski definition) is 2. The monoisotopic (exact) mass is 274 g/mol. The molecule has 1 rings (SSSR count). The van der Waals surface area contributed by atoms with Crippen LogP contribution in [-0.4, -0.2) is 11.6 Å². The van der Waals surface area contributed by atoms with Gasteiger partial charge in [-0.25, -0.2) is 0 Å². The van der Waals surface area contributed by atoms with Crippen LogP contribution in [0.1, 0.15) is 73.4 Å². The second-order valence-electron chi connectivity index (χ2n) is 7.64. The van der Waals surface area contributed by atoms with E-state index < -0.39 is 10.8 Å². The molecule has 0 unspecified atom stereocenters. The number of hydrogen-bond donors (Lipinski definition) is 0. The fourth-order valence-electron chi connectivity index (χ4n) is 2.11. The SMILES string of the molecule is Cc1cc(C(=O)C(C)(C)C)c(C)cc1C(=O)C(C)(C)C. The van der Waals surface area contributed by atoms with Crippen LogP contribution < -0.4 is 0 Å². The molecule has 1 aromatic rings. The second kappa shape index (κ2) is 5.16. The van der Waals surface area contributed by atoms with Gasteiger partial charge in [0.15, 0.2) is 11.6 Å². The Morgan fingerprint density at radius 3 is 1.15 bits per heavy atom. The van der Waals surface area contributed by atoms with Gasteiger partial charge >= 0.3 is 0 Å². The van der Waals surface area contributed by atoms with Crippen molar-refractivity contribution in [1.29, 1.82) is 0 Å². The fraction of sp³-hybridized carbons (Fsp3) is 0.556. The van der Waals surface area contributed by atoms with E-state index in [-0.39, 0.29) is 11.6 Å². The van der Waals surface area contributed by atoms with Crippen molar-refractivity contribution in [3.63, 3.8) is 0 Å². The van der Waals surface area contributed by atoms with E-state index in [1.54, 1.807) is 0 Å². The average Bonchev–Trinajstić information content (AvgIpc) is 2.27. The minimum absolute atomic E-state index is 0.118. The molecule has 0 atom stereocenters. The molecule has 0 fully saturated rings. The summed E-state index contributed by atoms with van der Waals surface area (Å²) in [7, 11) is 0. The molecule has 2 nitrogen and oxygen atoms in total. The third kappa shape index (κ3) is 3.36. The Bertz CT molecular complexity index is 500. The fourth-order valence-corrected chi connectivity index (χ4v) is 2.11. The Balaban J connectivity index is 3.37. The van der Waals surface area contributed by atoms with E-state index in [9.17, 15) is 9.59 Å². The van der Waals surface area contributed by atoms with Crippen LogP contribution in [0, 0.1) is 24.7 Å². The highest BCUT2D eigenvalue weighted by molar-refractivity contribution is 6.05. The van der Waals surface area contributed by atoms with Crippen molar-refractivity contribution in [2.45, 2.75) is 55.4 Å². The van der Waals surface area contributed by atoms with E-state index in [0.717, 1.165) is 22.3 Å². The predicted molar refractivity (Wildman–Crippen MR) is 83.5 cm³/mol. The summed E-state index contributed by atoms with van der Waals surface area (Å²) in [6.45, 7) is 15.3. The molecule has 1 aromatic carbocycles. The first-order valence-corrected chi connectivity index (χ1v) is 7.06. The van der Waals surface area contributed by atoms with Crippen molar-refractivity contribution in [2.24, 2.45) is 10.8 Å². The number of aryl methyl sites for hydroxylation is 2. The van der Waals surface area contributed by atoms with Crippen molar-refractivity contribution in [3.8, 4) is 0 Å². The molecule has 0 saturated heterocycles. The predicted octanol–water partition coefficient (Wildman–Crippen LogP) is 4.76. The molecule has 0 saturated carbocycles. The number of rotatable bonds is 2. The first-order valence-electron chi connectivity index (χ1n) is 7.06. The van der Waals surface area contributed by atoms with Gasteiger partial charge in [-0.3, -0.25) is 9.59 Å².